The molecule has 3 aromatic rings. The molecule has 0 radical (unpaired) electrons. The maximum Gasteiger partial charge on any atom is 0.323 e. The highest BCUT2D eigenvalue weighted by molar-refractivity contribution is 5.80. The van der Waals surface area contributed by atoms with Crippen LogP contribution in [0.15, 0.2) is 48.1 Å². The molecule has 0 atom stereocenters. The number of benzene rings is 1. The number of anilines is 1. The van der Waals surface area contributed by atoms with Crippen molar-refractivity contribution in [2.75, 3.05) is 44.9 Å². The fraction of sp³-hybridized carbons (Fsp3) is 0.350. The molecule has 1 aromatic carbocycles. The van der Waals surface area contributed by atoms with Gasteiger partial charge in [-0.2, -0.15) is 20.1 Å². The van der Waals surface area contributed by atoms with Crippen molar-refractivity contribution in [3.63, 3.8) is 0 Å². The summed E-state index contributed by atoms with van der Waals surface area (Å²) in [6.45, 7) is 6.60. The summed E-state index contributed by atoms with van der Waals surface area (Å²) in [5.74, 6) is 0.691. The maximum absolute atomic E-state index is 5.80. The molecule has 10 heteroatoms. The molecule has 1 saturated heterocycles. The van der Waals surface area contributed by atoms with Gasteiger partial charge in [0.1, 0.15) is 12.9 Å². The number of imidazole rings is 1. The first-order chi connectivity index (χ1) is 14.8. The Hall–Kier alpha value is -3.37. The number of nitrogens with zero attached hydrogens (tertiary/aromatic N) is 7. The highest BCUT2D eigenvalue weighted by Gasteiger charge is 2.12. The minimum atomic E-state index is 0.232. The van der Waals surface area contributed by atoms with Gasteiger partial charge in [0.2, 0.25) is 5.95 Å². The summed E-state index contributed by atoms with van der Waals surface area (Å²) >= 11 is 0. The predicted molar refractivity (Wildman–Crippen MR) is 112 cm³/mol. The first-order valence-corrected chi connectivity index (χ1v) is 9.79. The third-order valence-electron chi connectivity index (χ3n) is 4.50. The third kappa shape index (κ3) is 5.58. The Bertz CT molecular complexity index is 971. The van der Waals surface area contributed by atoms with Crippen molar-refractivity contribution in [3.05, 3.63) is 54.1 Å². The van der Waals surface area contributed by atoms with Crippen molar-refractivity contribution in [2.24, 2.45) is 5.10 Å². The van der Waals surface area contributed by atoms with Crippen LogP contribution in [0.4, 0.5) is 5.95 Å². The van der Waals surface area contributed by atoms with Gasteiger partial charge in [0.05, 0.1) is 19.4 Å². The van der Waals surface area contributed by atoms with E-state index in [9.17, 15) is 0 Å². The first kappa shape index (κ1) is 19.9. The largest absolute Gasteiger partial charge is 0.462 e. The fourth-order valence-corrected chi connectivity index (χ4v) is 2.96. The summed E-state index contributed by atoms with van der Waals surface area (Å²) in [5.41, 5.74) is 5.01. The van der Waals surface area contributed by atoms with Gasteiger partial charge in [0, 0.05) is 32.0 Å². The third-order valence-corrected chi connectivity index (χ3v) is 4.50. The molecule has 10 nitrogen and oxygen atoms in total. The van der Waals surface area contributed by atoms with Crippen LogP contribution in [0, 0.1) is 6.92 Å². The molecule has 0 bridgehead atoms. The molecule has 3 heterocycles. The van der Waals surface area contributed by atoms with E-state index in [2.05, 4.69) is 35.4 Å². The monoisotopic (exact) mass is 408 g/mol. The molecule has 0 unspecified atom stereocenters. The van der Waals surface area contributed by atoms with Gasteiger partial charge >= 0.3 is 6.01 Å². The van der Waals surface area contributed by atoms with Crippen LogP contribution < -0.4 is 10.2 Å². The van der Waals surface area contributed by atoms with Gasteiger partial charge in [-0.3, -0.25) is 9.47 Å². The minimum Gasteiger partial charge on any atom is -0.462 e. The van der Waals surface area contributed by atoms with E-state index in [1.807, 2.05) is 31.2 Å². The zero-order valence-corrected chi connectivity index (χ0v) is 16.8. The molecule has 1 N–H and O–H groups in total. The van der Waals surface area contributed by atoms with Crippen LogP contribution in [0.25, 0.3) is 5.95 Å². The van der Waals surface area contributed by atoms with Gasteiger partial charge < -0.3 is 9.47 Å². The van der Waals surface area contributed by atoms with Crippen molar-refractivity contribution in [1.82, 2.24) is 29.4 Å². The Balaban J connectivity index is 1.44. The lowest BCUT2D eigenvalue weighted by Crippen LogP contribution is -2.38. The van der Waals surface area contributed by atoms with Crippen molar-refractivity contribution in [2.45, 2.75) is 6.92 Å². The zero-order chi connectivity index (χ0) is 20.6. The lowest BCUT2D eigenvalue weighted by Gasteiger charge is -2.26. The number of aryl methyl sites for hydroxylation is 1. The number of morpholine rings is 1. The summed E-state index contributed by atoms with van der Waals surface area (Å²) in [6.07, 6.45) is 6.75. The first-order valence-electron chi connectivity index (χ1n) is 9.79. The predicted octanol–water partition coefficient (Wildman–Crippen LogP) is 1.52. The van der Waals surface area contributed by atoms with Crippen molar-refractivity contribution in [1.29, 1.82) is 0 Å². The van der Waals surface area contributed by atoms with Gasteiger partial charge in [0.25, 0.3) is 5.95 Å². The molecule has 1 aliphatic rings. The summed E-state index contributed by atoms with van der Waals surface area (Å²) in [5, 5.41) is 4.24. The number of nitrogens with one attached hydrogen (secondary N) is 1. The second kappa shape index (κ2) is 9.90. The molecule has 1 aliphatic heterocycles. The van der Waals surface area contributed by atoms with E-state index in [0.717, 1.165) is 44.0 Å². The Labute approximate surface area is 174 Å². The van der Waals surface area contributed by atoms with E-state index in [1.54, 1.807) is 29.5 Å². The standard InChI is InChI=1S/C20H24N8O2/c1-16-3-2-4-17(13-16)14-22-26-18-23-19(28-6-5-21-15-28)25-20(24-18)30-12-9-27-7-10-29-11-8-27/h2-6,13-15H,7-12H2,1H3,(H,23,24,25,26). The maximum atomic E-state index is 5.80. The number of hydrogen-bond donors (Lipinski definition) is 1. The SMILES string of the molecule is Cc1cccc(C=NNc2nc(OCCN3CCOCC3)nc(-n3ccnc3)n2)c1. The van der Waals surface area contributed by atoms with E-state index < -0.39 is 0 Å². The van der Waals surface area contributed by atoms with Crippen LogP contribution in [0.3, 0.4) is 0 Å². The molecular weight excluding hydrogens is 384 g/mol. The normalized spacial score (nSPS) is 14.8. The van der Waals surface area contributed by atoms with Gasteiger partial charge in [-0.25, -0.2) is 10.4 Å². The lowest BCUT2D eigenvalue weighted by atomic mass is 10.2. The number of hydrazone groups is 1. The van der Waals surface area contributed by atoms with Gasteiger partial charge in [-0.05, 0) is 12.5 Å². The van der Waals surface area contributed by atoms with Crippen molar-refractivity contribution in [3.8, 4) is 12.0 Å². The average molecular weight is 408 g/mol. The number of aromatic nitrogens is 5. The second-order valence-corrected chi connectivity index (χ2v) is 6.80. The Morgan fingerprint density at radius 1 is 1.23 bits per heavy atom. The van der Waals surface area contributed by atoms with E-state index in [4.69, 9.17) is 9.47 Å². The van der Waals surface area contributed by atoms with Crippen LogP contribution in [0.2, 0.25) is 0 Å². The van der Waals surface area contributed by atoms with E-state index in [0.29, 0.717) is 18.5 Å². The molecule has 1 fully saturated rings. The molecular formula is C20H24N8O2. The smallest absolute Gasteiger partial charge is 0.323 e. The number of hydrogen-bond acceptors (Lipinski definition) is 9. The molecule has 30 heavy (non-hydrogen) atoms. The van der Waals surface area contributed by atoms with Crippen molar-refractivity contribution >= 4 is 12.2 Å². The topological polar surface area (TPSA) is 103 Å². The molecule has 2 aromatic heterocycles. The Morgan fingerprint density at radius 2 is 2.13 bits per heavy atom. The lowest BCUT2D eigenvalue weighted by molar-refractivity contribution is 0.0317. The summed E-state index contributed by atoms with van der Waals surface area (Å²) in [6, 6.07) is 8.26. The number of rotatable bonds is 8. The zero-order valence-electron chi connectivity index (χ0n) is 16.8. The molecule has 0 saturated carbocycles. The minimum absolute atomic E-state index is 0.232. The quantitative estimate of drug-likeness (QED) is 0.442. The molecule has 0 spiro atoms. The van der Waals surface area contributed by atoms with Gasteiger partial charge in [0.15, 0.2) is 0 Å². The highest BCUT2D eigenvalue weighted by atomic mass is 16.5. The summed E-state index contributed by atoms with van der Waals surface area (Å²) in [4.78, 5) is 19.4. The molecule has 156 valence electrons. The Morgan fingerprint density at radius 3 is 2.93 bits per heavy atom. The molecule has 4 rings (SSSR count). The highest BCUT2D eigenvalue weighted by Crippen LogP contribution is 2.11. The van der Waals surface area contributed by atoms with Gasteiger partial charge in [-0.1, -0.05) is 29.8 Å². The number of ether oxygens (including phenoxy) is 2. The average Bonchev–Trinajstić information content (AvgIpc) is 3.30. The van der Waals surface area contributed by atoms with E-state index in [-0.39, 0.29) is 6.01 Å². The van der Waals surface area contributed by atoms with E-state index in [1.165, 1.54) is 0 Å². The summed E-state index contributed by atoms with van der Waals surface area (Å²) in [7, 11) is 0. The Kier molecular flexibility index (Phi) is 6.58. The van der Waals surface area contributed by atoms with Crippen LogP contribution in [0.1, 0.15) is 11.1 Å². The van der Waals surface area contributed by atoms with E-state index >= 15 is 0 Å². The fourth-order valence-electron chi connectivity index (χ4n) is 2.96. The van der Waals surface area contributed by atoms with Gasteiger partial charge in [-0.15, -0.1) is 0 Å². The molecule has 0 aliphatic carbocycles. The molecule has 0 amide bonds. The van der Waals surface area contributed by atoms with Crippen LogP contribution >= 0.6 is 0 Å². The van der Waals surface area contributed by atoms with Crippen LogP contribution in [-0.4, -0.2) is 75.1 Å². The second-order valence-electron chi connectivity index (χ2n) is 6.80. The van der Waals surface area contributed by atoms with Crippen LogP contribution in [-0.2, 0) is 4.74 Å². The summed E-state index contributed by atoms with van der Waals surface area (Å²) < 4.78 is 12.9. The van der Waals surface area contributed by atoms with Crippen LogP contribution in [0.5, 0.6) is 6.01 Å². The van der Waals surface area contributed by atoms with Crippen molar-refractivity contribution < 1.29 is 9.47 Å².